The summed E-state index contributed by atoms with van der Waals surface area (Å²) in [6, 6.07) is 5.08. The van der Waals surface area contributed by atoms with Gasteiger partial charge in [0.1, 0.15) is 6.61 Å². The van der Waals surface area contributed by atoms with Crippen LogP contribution in [0.2, 0.25) is 0 Å². The minimum absolute atomic E-state index is 0.0164. The largest absolute Gasteiger partial charge is 0.488 e. The van der Waals surface area contributed by atoms with E-state index in [1.165, 1.54) is 6.07 Å². The van der Waals surface area contributed by atoms with Crippen LogP contribution < -0.4 is 10.3 Å². The van der Waals surface area contributed by atoms with Gasteiger partial charge in [0.15, 0.2) is 5.75 Å². The maximum absolute atomic E-state index is 11.4. The van der Waals surface area contributed by atoms with Gasteiger partial charge >= 0.3 is 0 Å². The molecule has 0 bridgehead atoms. The number of pyridine rings is 1. The number of aryl methyl sites for hydroxylation is 1. The smallest absolute Gasteiger partial charge is 0.250 e. The zero-order chi connectivity index (χ0) is 11.4. The van der Waals surface area contributed by atoms with Crippen molar-refractivity contribution < 1.29 is 4.74 Å². The predicted molar refractivity (Wildman–Crippen MR) is 59.4 cm³/mol. The maximum Gasteiger partial charge on any atom is 0.250 e. The highest BCUT2D eigenvalue weighted by Gasteiger charge is 1.97. The number of rotatable bonds is 4. The molecule has 16 heavy (non-hydrogen) atoms. The van der Waals surface area contributed by atoms with Crippen molar-refractivity contribution in [2.45, 2.75) is 6.54 Å². The molecule has 0 saturated heterocycles. The molecule has 0 N–H and O–H groups in total. The fourth-order valence-electron chi connectivity index (χ4n) is 1.38. The van der Waals surface area contributed by atoms with Crippen LogP contribution in [0.4, 0.5) is 0 Å². The zero-order valence-electron chi connectivity index (χ0n) is 9.04. The van der Waals surface area contributed by atoms with Crippen LogP contribution in [0.5, 0.6) is 5.75 Å². The lowest BCUT2D eigenvalue weighted by atomic mass is 10.4. The van der Waals surface area contributed by atoms with E-state index in [4.69, 9.17) is 4.74 Å². The summed E-state index contributed by atoms with van der Waals surface area (Å²) in [5, 5.41) is 3.98. The Morgan fingerprint density at radius 3 is 3.00 bits per heavy atom. The Hall–Kier alpha value is -2.04. The topological polar surface area (TPSA) is 49.0 Å². The fraction of sp³-hybridized carbons (Fsp3) is 0.273. The van der Waals surface area contributed by atoms with E-state index in [0.29, 0.717) is 18.9 Å². The molecular formula is C11H13N3O2. The molecule has 2 heterocycles. The lowest BCUT2D eigenvalue weighted by molar-refractivity contribution is 0.296. The number of hydrogen-bond acceptors (Lipinski definition) is 3. The highest BCUT2D eigenvalue weighted by molar-refractivity contribution is 5.11. The molecule has 2 aromatic heterocycles. The molecule has 0 aliphatic rings. The molecule has 2 rings (SSSR count). The molecule has 0 amide bonds. The van der Waals surface area contributed by atoms with Gasteiger partial charge in [-0.25, -0.2) is 0 Å². The van der Waals surface area contributed by atoms with Crippen LogP contribution in [0.1, 0.15) is 0 Å². The summed E-state index contributed by atoms with van der Waals surface area (Å²) >= 11 is 0. The number of hydrogen-bond donors (Lipinski definition) is 0. The lowest BCUT2D eigenvalue weighted by Gasteiger charge is -2.05. The minimum Gasteiger partial charge on any atom is -0.488 e. The highest BCUT2D eigenvalue weighted by atomic mass is 16.5. The Morgan fingerprint density at radius 2 is 2.31 bits per heavy atom. The second-order valence-electron chi connectivity index (χ2n) is 3.43. The Kier molecular flexibility index (Phi) is 3.05. The molecule has 2 aromatic rings. The van der Waals surface area contributed by atoms with E-state index in [9.17, 15) is 4.79 Å². The second-order valence-corrected chi connectivity index (χ2v) is 3.43. The third-order valence-corrected chi connectivity index (χ3v) is 2.18. The van der Waals surface area contributed by atoms with Gasteiger partial charge in [0.25, 0.3) is 5.56 Å². The van der Waals surface area contributed by atoms with Crippen molar-refractivity contribution in [1.29, 1.82) is 0 Å². The van der Waals surface area contributed by atoms with Gasteiger partial charge in [-0.05, 0) is 6.07 Å². The van der Waals surface area contributed by atoms with Crippen molar-refractivity contribution >= 4 is 0 Å². The Morgan fingerprint density at radius 1 is 1.44 bits per heavy atom. The Labute approximate surface area is 92.9 Å². The number of ether oxygens (including phenoxy) is 1. The van der Waals surface area contributed by atoms with Crippen molar-refractivity contribution in [3.8, 4) is 5.75 Å². The normalized spacial score (nSPS) is 10.3. The highest BCUT2D eigenvalue weighted by Crippen LogP contribution is 2.06. The maximum atomic E-state index is 11.4. The van der Waals surface area contributed by atoms with Gasteiger partial charge in [0.2, 0.25) is 0 Å². The summed E-state index contributed by atoms with van der Waals surface area (Å²) in [7, 11) is 1.83. The van der Waals surface area contributed by atoms with Gasteiger partial charge in [-0.15, -0.1) is 0 Å². The summed E-state index contributed by atoms with van der Waals surface area (Å²) in [5.74, 6) is 0.714. The van der Waals surface area contributed by atoms with Crippen molar-refractivity contribution in [2.75, 3.05) is 6.61 Å². The van der Waals surface area contributed by atoms with Crippen molar-refractivity contribution in [1.82, 2.24) is 14.3 Å². The summed E-state index contributed by atoms with van der Waals surface area (Å²) in [6.45, 7) is 0.990. The van der Waals surface area contributed by atoms with E-state index < -0.39 is 0 Å². The molecule has 0 unspecified atom stereocenters. The first-order valence-electron chi connectivity index (χ1n) is 5.02. The average Bonchev–Trinajstić information content (AvgIpc) is 2.67. The predicted octanol–water partition coefficient (Wildman–Crippen LogP) is 0.661. The first kappa shape index (κ1) is 10.5. The zero-order valence-corrected chi connectivity index (χ0v) is 9.04. The van der Waals surface area contributed by atoms with E-state index in [0.717, 1.165) is 0 Å². The summed E-state index contributed by atoms with van der Waals surface area (Å²) in [6.07, 6.45) is 5.18. The molecule has 0 atom stereocenters. The summed E-state index contributed by atoms with van der Waals surface area (Å²) < 4.78 is 8.72. The first-order chi connectivity index (χ1) is 7.75. The first-order valence-corrected chi connectivity index (χ1v) is 5.02. The molecular weight excluding hydrogens is 206 g/mol. The minimum atomic E-state index is -0.0164. The van der Waals surface area contributed by atoms with Crippen molar-refractivity contribution in [2.24, 2.45) is 7.05 Å². The molecule has 5 heteroatoms. The molecule has 0 fully saturated rings. The quantitative estimate of drug-likeness (QED) is 0.759. The van der Waals surface area contributed by atoms with Gasteiger partial charge in [0, 0.05) is 19.3 Å². The number of nitrogens with zero attached hydrogens (tertiary/aromatic N) is 3. The third kappa shape index (κ3) is 2.50. The average molecular weight is 219 g/mol. The number of aromatic nitrogens is 3. The van der Waals surface area contributed by atoms with Gasteiger partial charge in [-0.3, -0.25) is 9.48 Å². The molecule has 0 aromatic carbocycles. The van der Waals surface area contributed by atoms with Crippen LogP contribution in [0, 0.1) is 0 Å². The summed E-state index contributed by atoms with van der Waals surface area (Å²) in [4.78, 5) is 11.4. The molecule has 0 aliphatic carbocycles. The molecule has 0 radical (unpaired) electrons. The van der Waals surface area contributed by atoms with E-state index in [1.54, 1.807) is 33.9 Å². The Bertz CT molecular complexity index is 516. The fourth-order valence-corrected chi connectivity index (χ4v) is 1.38. The second kappa shape index (κ2) is 4.65. The van der Waals surface area contributed by atoms with Gasteiger partial charge in [-0.2, -0.15) is 5.10 Å². The van der Waals surface area contributed by atoms with Crippen LogP contribution in [0.25, 0.3) is 0 Å². The molecule has 0 saturated carbocycles. The van der Waals surface area contributed by atoms with Crippen molar-refractivity contribution in [3.63, 3.8) is 0 Å². The van der Waals surface area contributed by atoms with Crippen molar-refractivity contribution in [3.05, 3.63) is 47.1 Å². The van der Waals surface area contributed by atoms with E-state index in [-0.39, 0.29) is 5.56 Å². The van der Waals surface area contributed by atoms with E-state index >= 15 is 0 Å². The lowest BCUT2D eigenvalue weighted by Crippen LogP contribution is -2.21. The third-order valence-electron chi connectivity index (χ3n) is 2.18. The van der Waals surface area contributed by atoms with Gasteiger partial charge in [-0.1, -0.05) is 6.07 Å². The van der Waals surface area contributed by atoms with Crippen LogP contribution in [0.15, 0.2) is 41.6 Å². The van der Waals surface area contributed by atoms with E-state index in [1.807, 2.05) is 13.1 Å². The van der Waals surface area contributed by atoms with Gasteiger partial charge < -0.3 is 9.30 Å². The molecule has 84 valence electrons. The molecule has 0 aliphatic heterocycles. The van der Waals surface area contributed by atoms with Gasteiger partial charge in [0.05, 0.1) is 18.9 Å². The Balaban J connectivity index is 1.89. The van der Waals surface area contributed by atoms with Crippen LogP contribution in [-0.4, -0.2) is 21.0 Å². The molecule has 0 spiro atoms. The monoisotopic (exact) mass is 219 g/mol. The van der Waals surface area contributed by atoms with Crippen LogP contribution >= 0.6 is 0 Å². The summed E-state index contributed by atoms with van der Waals surface area (Å²) in [5.41, 5.74) is -0.0164. The SMILES string of the molecule is Cn1cc(OCCn2ccccc2=O)cn1. The van der Waals surface area contributed by atoms with Crippen LogP contribution in [0.3, 0.4) is 0 Å². The van der Waals surface area contributed by atoms with Crippen LogP contribution in [-0.2, 0) is 13.6 Å². The standard InChI is InChI=1S/C11H13N3O2/c1-13-9-10(8-12-13)16-7-6-14-5-3-2-4-11(14)15/h2-5,8-9H,6-7H2,1H3. The molecule has 5 nitrogen and oxygen atoms in total. The van der Waals surface area contributed by atoms with E-state index in [2.05, 4.69) is 5.10 Å².